The third-order valence-electron chi connectivity index (χ3n) is 6.20. The van der Waals surface area contributed by atoms with Gasteiger partial charge in [0, 0.05) is 55.7 Å². The lowest BCUT2D eigenvalue weighted by atomic mass is 10.1. The van der Waals surface area contributed by atoms with Gasteiger partial charge in [0.05, 0.1) is 19.3 Å². The third kappa shape index (κ3) is 5.74. The van der Waals surface area contributed by atoms with E-state index in [-0.39, 0.29) is 24.4 Å². The smallest absolute Gasteiger partial charge is 0.246 e. The molecule has 0 radical (unpaired) electrons. The summed E-state index contributed by atoms with van der Waals surface area (Å²) >= 11 is 0. The second-order valence-electron chi connectivity index (χ2n) is 8.42. The predicted molar refractivity (Wildman–Crippen MR) is 135 cm³/mol. The number of ether oxygens (including phenoxy) is 1. The van der Waals surface area contributed by atoms with E-state index >= 15 is 0 Å². The molecule has 1 atom stereocenters. The number of anilines is 1. The number of carbonyl (C=O) groups excluding carboxylic acids is 1. The first-order valence-corrected chi connectivity index (χ1v) is 11.0. The highest BCUT2D eigenvalue weighted by Gasteiger charge is 2.18. The molecule has 3 aromatic rings. The summed E-state index contributed by atoms with van der Waals surface area (Å²) < 4.78 is 5.41. The number of benzene rings is 1. The number of para-hydroxylation sites is 1. The molecule has 1 unspecified atom stereocenters. The van der Waals surface area contributed by atoms with Crippen LogP contribution in [0.2, 0.25) is 0 Å². The lowest BCUT2D eigenvalue weighted by Gasteiger charge is -2.26. The number of nitrogen functional groups attached to an aromatic ring is 1. The lowest BCUT2D eigenvalue weighted by molar-refractivity contribution is -0.126. The number of aromatic amines is 1. The number of hydrogen-bond donors (Lipinski definition) is 2. The molecular weight excluding hydrogens is 438 g/mol. The zero-order valence-electron chi connectivity index (χ0n) is 19.4. The van der Waals surface area contributed by atoms with Crippen LogP contribution in [0.1, 0.15) is 35.3 Å². The van der Waals surface area contributed by atoms with Crippen LogP contribution >= 0.6 is 12.4 Å². The topological polar surface area (TPSA) is 87.5 Å². The summed E-state index contributed by atoms with van der Waals surface area (Å²) in [4.78, 5) is 24.7. The summed E-state index contributed by atoms with van der Waals surface area (Å²) in [5.74, 6) is 0.458. The molecule has 1 aliphatic heterocycles. The van der Waals surface area contributed by atoms with Crippen LogP contribution in [0.15, 0.2) is 42.6 Å². The standard InChI is InChI=1S/C25H31N5O2.ClH/c1-17-5-4-6-20-14-22(28-24(17)20)18(2)29(3)23(31)8-7-19-13-21(25(26)27-15-19)16-30-9-11-32-12-10-30;/h4-8,13-15,18,28H,9-12,16H2,1-3H3,(H2,26,27);1H. The van der Waals surface area contributed by atoms with Crippen LogP contribution in [0.25, 0.3) is 17.0 Å². The van der Waals surface area contributed by atoms with E-state index < -0.39 is 0 Å². The van der Waals surface area contributed by atoms with Crippen molar-refractivity contribution in [1.29, 1.82) is 0 Å². The molecule has 176 valence electrons. The molecule has 33 heavy (non-hydrogen) atoms. The number of nitrogens with two attached hydrogens (primary N) is 1. The highest BCUT2D eigenvalue weighted by atomic mass is 35.5. The van der Waals surface area contributed by atoms with Gasteiger partial charge in [-0.2, -0.15) is 0 Å². The number of fused-ring (bicyclic) bond motifs is 1. The average molecular weight is 470 g/mol. The molecule has 4 rings (SSSR count). The van der Waals surface area contributed by atoms with Crippen LogP contribution in [0.4, 0.5) is 5.82 Å². The predicted octanol–water partition coefficient (Wildman–Crippen LogP) is 3.94. The van der Waals surface area contributed by atoms with Gasteiger partial charge in [-0.3, -0.25) is 9.69 Å². The maximum absolute atomic E-state index is 12.8. The minimum absolute atomic E-state index is 0. The van der Waals surface area contributed by atoms with Crippen molar-refractivity contribution < 1.29 is 9.53 Å². The fourth-order valence-electron chi connectivity index (χ4n) is 4.00. The maximum atomic E-state index is 12.8. The molecule has 7 nitrogen and oxygen atoms in total. The molecule has 3 heterocycles. The van der Waals surface area contributed by atoms with Gasteiger partial charge in [0.1, 0.15) is 5.82 Å². The number of aromatic nitrogens is 2. The van der Waals surface area contributed by atoms with Gasteiger partial charge in [0.2, 0.25) is 5.91 Å². The van der Waals surface area contributed by atoms with Gasteiger partial charge in [0.15, 0.2) is 0 Å². The van der Waals surface area contributed by atoms with Crippen LogP contribution in [-0.2, 0) is 16.1 Å². The Morgan fingerprint density at radius 3 is 2.82 bits per heavy atom. The van der Waals surface area contributed by atoms with Crippen LogP contribution < -0.4 is 5.73 Å². The first-order chi connectivity index (χ1) is 15.4. The molecule has 0 saturated carbocycles. The largest absolute Gasteiger partial charge is 0.383 e. The number of halogens is 1. The molecule has 8 heteroatoms. The number of pyridine rings is 1. The number of nitrogens with zero attached hydrogens (tertiary/aromatic N) is 3. The Morgan fingerprint density at radius 2 is 2.09 bits per heavy atom. The monoisotopic (exact) mass is 469 g/mol. The Morgan fingerprint density at radius 1 is 1.33 bits per heavy atom. The number of carbonyl (C=O) groups is 1. The van der Waals surface area contributed by atoms with E-state index in [4.69, 9.17) is 10.5 Å². The van der Waals surface area contributed by atoms with Gasteiger partial charge >= 0.3 is 0 Å². The molecule has 0 bridgehead atoms. The van der Waals surface area contributed by atoms with Crippen LogP contribution in [0.3, 0.4) is 0 Å². The number of nitrogens with one attached hydrogen (secondary N) is 1. The summed E-state index contributed by atoms with van der Waals surface area (Å²) in [6, 6.07) is 10.2. The number of aryl methyl sites for hydroxylation is 1. The highest BCUT2D eigenvalue weighted by Crippen LogP contribution is 2.25. The zero-order valence-corrected chi connectivity index (χ0v) is 20.2. The quantitative estimate of drug-likeness (QED) is 0.534. The highest BCUT2D eigenvalue weighted by molar-refractivity contribution is 5.92. The van der Waals surface area contributed by atoms with E-state index in [0.29, 0.717) is 5.82 Å². The van der Waals surface area contributed by atoms with Crippen molar-refractivity contribution in [3.05, 3.63) is 65.0 Å². The van der Waals surface area contributed by atoms with E-state index in [2.05, 4.69) is 40.0 Å². The van der Waals surface area contributed by atoms with E-state index in [1.165, 1.54) is 5.56 Å². The second-order valence-corrected chi connectivity index (χ2v) is 8.42. The first-order valence-electron chi connectivity index (χ1n) is 11.0. The number of likely N-dealkylation sites (N-methyl/N-ethyl adjacent to an activating group) is 1. The van der Waals surface area contributed by atoms with Crippen LogP contribution in [0, 0.1) is 6.92 Å². The summed E-state index contributed by atoms with van der Waals surface area (Å²) in [6.07, 6.45) is 5.10. The number of hydrogen-bond acceptors (Lipinski definition) is 5. The molecule has 1 aliphatic rings. The van der Waals surface area contributed by atoms with Crippen molar-refractivity contribution in [1.82, 2.24) is 19.8 Å². The SMILES string of the molecule is Cc1cccc2cc(C(C)N(C)C(=O)C=Cc3cnc(N)c(CN4CCOCC4)c3)[nH]c12.Cl. The Hall–Kier alpha value is -2.87. The minimum Gasteiger partial charge on any atom is -0.383 e. The molecule has 1 aromatic carbocycles. The average Bonchev–Trinajstić information content (AvgIpc) is 3.25. The molecule has 1 amide bonds. The maximum Gasteiger partial charge on any atom is 0.246 e. The molecule has 1 fully saturated rings. The van der Waals surface area contributed by atoms with Gasteiger partial charge in [-0.05, 0) is 48.6 Å². The molecular formula is C25H32ClN5O2. The zero-order chi connectivity index (χ0) is 22.7. The van der Waals surface area contributed by atoms with E-state index in [9.17, 15) is 4.79 Å². The third-order valence-corrected chi connectivity index (χ3v) is 6.20. The lowest BCUT2D eigenvalue weighted by Crippen LogP contribution is -2.35. The van der Waals surface area contributed by atoms with Crippen molar-refractivity contribution in [2.45, 2.75) is 26.4 Å². The van der Waals surface area contributed by atoms with E-state index in [1.54, 1.807) is 23.2 Å². The Balaban J connectivity index is 0.00000306. The number of H-pyrrole nitrogens is 1. The Bertz CT molecular complexity index is 1140. The molecule has 0 aliphatic carbocycles. The van der Waals surface area contributed by atoms with Crippen LogP contribution in [0.5, 0.6) is 0 Å². The fourth-order valence-corrected chi connectivity index (χ4v) is 4.00. The minimum atomic E-state index is -0.0830. The molecule has 1 saturated heterocycles. The number of rotatable bonds is 6. The van der Waals surface area contributed by atoms with Crippen molar-refractivity contribution in [3.63, 3.8) is 0 Å². The van der Waals surface area contributed by atoms with Gasteiger partial charge in [-0.15, -0.1) is 12.4 Å². The normalized spacial score (nSPS) is 15.5. The van der Waals surface area contributed by atoms with Crippen molar-refractivity contribution in [2.24, 2.45) is 0 Å². The fraction of sp³-hybridized carbons (Fsp3) is 0.360. The van der Waals surface area contributed by atoms with Gasteiger partial charge in [-0.1, -0.05) is 18.2 Å². The van der Waals surface area contributed by atoms with Crippen molar-refractivity contribution in [3.8, 4) is 0 Å². The second kappa shape index (κ2) is 10.8. The molecule has 3 N–H and O–H groups in total. The molecule has 2 aromatic heterocycles. The summed E-state index contributed by atoms with van der Waals surface area (Å²) in [5.41, 5.74) is 11.2. The van der Waals surface area contributed by atoms with Gasteiger partial charge in [-0.25, -0.2) is 4.98 Å². The van der Waals surface area contributed by atoms with Gasteiger partial charge < -0.3 is 20.4 Å². The van der Waals surface area contributed by atoms with E-state index in [0.717, 1.165) is 60.6 Å². The summed E-state index contributed by atoms with van der Waals surface area (Å²) in [7, 11) is 1.82. The van der Waals surface area contributed by atoms with Crippen LogP contribution in [-0.4, -0.2) is 59.0 Å². The first kappa shape index (κ1) is 24.8. The number of morpholine rings is 1. The Kier molecular flexibility index (Phi) is 8.13. The van der Waals surface area contributed by atoms with Crippen molar-refractivity contribution >= 4 is 41.1 Å². The summed E-state index contributed by atoms with van der Waals surface area (Å²) in [6.45, 7) is 8.08. The van der Waals surface area contributed by atoms with E-state index in [1.807, 2.05) is 26.1 Å². The van der Waals surface area contributed by atoms with Gasteiger partial charge in [0.25, 0.3) is 0 Å². The Labute approximate surface area is 201 Å². The summed E-state index contributed by atoms with van der Waals surface area (Å²) in [5, 5.41) is 1.16. The molecule has 0 spiro atoms. The van der Waals surface area contributed by atoms with Crippen molar-refractivity contribution in [2.75, 3.05) is 39.1 Å². The number of amides is 1.